The molecule has 1 aliphatic heterocycles. The quantitative estimate of drug-likeness (QED) is 0.226. The van der Waals surface area contributed by atoms with Gasteiger partial charge in [-0.15, -0.1) is 0 Å². The minimum Gasteiger partial charge on any atom is -0.386 e. The van der Waals surface area contributed by atoms with Crippen LogP contribution >= 0.6 is 0 Å². The molecular formula is C16H7NO5. The van der Waals surface area contributed by atoms with Crippen LogP contribution in [-0.4, -0.2) is 16.9 Å². The van der Waals surface area contributed by atoms with E-state index in [1.165, 1.54) is 12.1 Å². The first kappa shape index (κ1) is 12.5. The van der Waals surface area contributed by atoms with Gasteiger partial charge in [0.2, 0.25) is 0 Å². The molecule has 0 aromatic heterocycles. The number of rotatable bonds is 1. The number of hydrogen-bond donors (Lipinski definition) is 0. The van der Waals surface area contributed by atoms with Gasteiger partial charge in [-0.1, -0.05) is 24.3 Å². The molecule has 0 amide bonds. The Morgan fingerprint density at radius 3 is 2.50 bits per heavy atom. The highest BCUT2D eigenvalue weighted by molar-refractivity contribution is 6.27. The van der Waals surface area contributed by atoms with Crippen molar-refractivity contribution in [3.8, 4) is 0 Å². The SMILES string of the molecule is O=C1OC(=O)c2c3cccc([N+](=O)[O-])c3cc3cccc1c23. The highest BCUT2D eigenvalue weighted by atomic mass is 16.6. The number of non-ortho nitro benzene ring substituents is 1. The van der Waals surface area contributed by atoms with Crippen LogP contribution in [0.2, 0.25) is 0 Å². The van der Waals surface area contributed by atoms with Gasteiger partial charge in [0.1, 0.15) is 0 Å². The van der Waals surface area contributed by atoms with Crippen LogP contribution in [0.25, 0.3) is 21.5 Å². The minimum absolute atomic E-state index is 0.0919. The molecule has 0 unspecified atom stereocenters. The molecule has 0 saturated heterocycles. The van der Waals surface area contributed by atoms with E-state index in [1.54, 1.807) is 30.3 Å². The van der Waals surface area contributed by atoms with Crippen LogP contribution in [0.5, 0.6) is 0 Å². The van der Waals surface area contributed by atoms with Gasteiger partial charge in [-0.3, -0.25) is 10.1 Å². The van der Waals surface area contributed by atoms with E-state index in [0.717, 1.165) is 0 Å². The highest BCUT2D eigenvalue weighted by Crippen LogP contribution is 2.37. The summed E-state index contributed by atoms with van der Waals surface area (Å²) in [5, 5.41) is 13.0. The fourth-order valence-corrected chi connectivity index (χ4v) is 2.91. The van der Waals surface area contributed by atoms with Gasteiger partial charge in [0, 0.05) is 16.8 Å². The van der Waals surface area contributed by atoms with E-state index in [-0.39, 0.29) is 11.3 Å². The lowest BCUT2D eigenvalue weighted by molar-refractivity contribution is -0.383. The van der Waals surface area contributed by atoms with Crippen LogP contribution in [0.15, 0.2) is 42.5 Å². The van der Waals surface area contributed by atoms with Crippen LogP contribution in [0.1, 0.15) is 20.7 Å². The molecule has 0 saturated carbocycles. The van der Waals surface area contributed by atoms with Crippen molar-refractivity contribution >= 4 is 39.2 Å². The molecule has 6 heteroatoms. The third kappa shape index (κ3) is 1.49. The fraction of sp³-hybridized carbons (Fsp3) is 0. The van der Waals surface area contributed by atoms with Crippen molar-refractivity contribution in [1.82, 2.24) is 0 Å². The molecule has 106 valence electrons. The van der Waals surface area contributed by atoms with E-state index < -0.39 is 16.9 Å². The molecule has 3 aromatic carbocycles. The summed E-state index contributed by atoms with van der Waals surface area (Å²) in [6, 6.07) is 11.1. The topological polar surface area (TPSA) is 86.5 Å². The molecule has 0 bridgehead atoms. The number of benzene rings is 3. The van der Waals surface area contributed by atoms with Gasteiger partial charge in [-0.2, -0.15) is 0 Å². The van der Waals surface area contributed by atoms with Gasteiger partial charge >= 0.3 is 11.9 Å². The fourth-order valence-electron chi connectivity index (χ4n) is 2.91. The second-order valence-electron chi connectivity index (χ2n) is 4.96. The molecule has 1 aliphatic rings. The lowest BCUT2D eigenvalue weighted by Gasteiger charge is -2.17. The van der Waals surface area contributed by atoms with Gasteiger partial charge in [0.05, 0.1) is 21.4 Å². The second kappa shape index (κ2) is 4.11. The lowest BCUT2D eigenvalue weighted by Crippen LogP contribution is -2.20. The molecule has 0 spiro atoms. The number of nitro groups is 1. The molecule has 0 N–H and O–H groups in total. The number of hydrogen-bond acceptors (Lipinski definition) is 5. The Balaban J connectivity index is 2.31. The minimum atomic E-state index is -0.778. The van der Waals surface area contributed by atoms with Crippen molar-refractivity contribution in [2.24, 2.45) is 0 Å². The zero-order valence-corrected chi connectivity index (χ0v) is 11.0. The first-order valence-electron chi connectivity index (χ1n) is 6.47. The summed E-state index contributed by atoms with van der Waals surface area (Å²) in [5.41, 5.74) is 0.401. The summed E-state index contributed by atoms with van der Waals surface area (Å²) in [6.07, 6.45) is 0. The Bertz CT molecular complexity index is 1020. The lowest BCUT2D eigenvalue weighted by atomic mass is 9.91. The molecule has 3 aromatic rings. The normalized spacial score (nSPS) is 13.5. The maximum absolute atomic E-state index is 12.2. The molecule has 0 atom stereocenters. The Morgan fingerprint density at radius 1 is 0.955 bits per heavy atom. The van der Waals surface area contributed by atoms with Crippen molar-refractivity contribution in [3.05, 3.63) is 63.7 Å². The molecule has 6 nitrogen and oxygen atoms in total. The van der Waals surface area contributed by atoms with Crippen molar-refractivity contribution in [1.29, 1.82) is 0 Å². The number of nitro benzene ring substituents is 1. The van der Waals surface area contributed by atoms with Gasteiger partial charge in [-0.05, 0) is 17.5 Å². The number of cyclic esters (lactones) is 2. The molecule has 4 rings (SSSR count). The molecule has 1 heterocycles. The van der Waals surface area contributed by atoms with E-state index in [4.69, 9.17) is 4.74 Å². The number of nitrogens with zero attached hydrogens (tertiary/aromatic N) is 1. The Hall–Kier alpha value is -3.28. The standard InChI is InChI=1S/C16H7NO5/c18-15-10-5-1-3-8-7-11-9(4-2-6-12(11)17(20)21)14(13(8)10)16(19)22-15/h1-7H. The van der Waals surface area contributed by atoms with Gasteiger partial charge in [0.25, 0.3) is 5.69 Å². The largest absolute Gasteiger partial charge is 0.386 e. The third-order valence-electron chi connectivity index (χ3n) is 3.81. The molecule has 0 fully saturated rings. The van der Waals surface area contributed by atoms with Crippen molar-refractivity contribution in [3.63, 3.8) is 0 Å². The van der Waals surface area contributed by atoms with E-state index in [2.05, 4.69) is 0 Å². The van der Waals surface area contributed by atoms with E-state index >= 15 is 0 Å². The van der Waals surface area contributed by atoms with Crippen molar-refractivity contribution in [2.75, 3.05) is 0 Å². The Kier molecular flexibility index (Phi) is 2.33. The van der Waals surface area contributed by atoms with Crippen LogP contribution in [-0.2, 0) is 4.74 Å². The van der Waals surface area contributed by atoms with Crippen LogP contribution in [0, 0.1) is 10.1 Å². The number of ether oxygens (including phenoxy) is 1. The predicted molar refractivity (Wildman–Crippen MR) is 77.9 cm³/mol. The van der Waals surface area contributed by atoms with E-state index in [1.807, 2.05) is 0 Å². The first-order valence-corrected chi connectivity index (χ1v) is 6.47. The number of carbonyl (C=O) groups is 2. The first-order chi connectivity index (χ1) is 10.6. The third-order valence-corrected chi connectivity index (χ3v) is 3.81. The molecular weight excluding hydrogens is 286 g/mol. The number of fused-ring (bicyclic) bond motifs is 2. The van der Waals surface area contributed by atoms with Gasteiger partial charge < -0.3 is 4.74 Å². The number of carbonyl (C=O) groups excluding carboxylic acids is 2. The van der Waals surface area contributed by atoms with Gasteiger partial charge in [-0.25, -0.2) is 9.59 Å². The average Bonchev–Trinajstić information content (AvgIpc) is 2.50. The zero-order chi connectivity index (χ0) is 15.4. The summed E-state index contributed by atoms with van der Waals surface area (Å²) in [7, 11) is 0. The maximum atomic E-state index is 12.2. The van der Waals surface area contributed by atoms with Crippen LogP contribution in [0.3, 0.4) is 0 Å². The molecule has 0 radical (unpaired) electrons. The summed E-state index contributed by atoms with van der Waals surface area (Å²) in [5.74, 6) is -1.48. The average molecular weight is 293 g/mol. The van der Waals surface area contributed by atoms with Crippen LogP contribution < -0.4 is 0 Å². The summed E-state index contributed by atoms with van der Waals surface area (Å²) < 4.78 is 4.76. The zero-order valence-electron chi connectivity index (χ0n) is 11.0. The highest BCUT2D eigenvalue weighted by Gasteiger charge is 2.30. The summed E-state index contributed by atoms with van der Waals surface area (Å²) >= 11 is 0. The molecule has 22 heavy (non-hydrogen) atoms. The van der Waals surface area contributed by atoms with Gasteiger partial charge in [0.15, 0.2) is 0 Å². The monoisotopic (exact) mass is 293 g/mol. The smallest absolute Gasteiger partial charge is 0.347 e. The maximum Gasteiger partial charge on any atom is 0.347 e. The van der Waals surface area contributed by atoms with Crippen molar-refractivity contribution < 1.29 is 19.2 Å². The predicted octanol–water partition coefficient (Wildman–Crippen LogP) is 3.21. The second-order valence-corrected chi connectivity index (χ2v) is 4.96. The summed E-state index contributed by atoms with van der Waals surface area (Å²) in [4.78, 5) is 34.7. The van der Waals surface area contributed by atoms with Crippen LogP contribution in [0.4, 0.5) is 5.69 Å². The van der Waals surface area contributed by atoms with E-state index in [9.17, 15) is 19.7 Å². The Labute approximate surface area is 123 Å². The Morgan fingerprint density at radius 2 is 1.73 bits per heavy atom. The molecule has 0 aliphatic carbocycles. The number of esters is 2. The van der Waals surface area contributed by atoms with Crippen molar-refractivity contribution in [2.45, 2.75) is 0 Å². The summed E-state index contributed by atoms with van der Waals surface area (Å²) in [6.45, 7) is 0. The van der Waals surface area contributed by atoms with E-state index in [0.29, 0.717) is 27.1 Å².